The molecule has 0 bridgehead atoms. The highest BCUT2D eigenvalue weighted by Crippen LogP contribution is 2.51. The molecule has 2 saturated heterocycles. The van der Waals surface area contributed by atoms with Crippen molar-refractivity contribution in [1.82, 2.24) is 10.2 Å². The Hall–Kier alpha value is -4.61. The number of carbonyl (C=O) groups is 4. The minimum absolute atomic E-state index is 0.0662. The Morgan fingerprint density at radius 1 is 0.976 bits per heavy atom. The summed E-state index contributed by atoms with van der Waals surface area (Å²) in [6.45, 7) is -0.308. The number of amides is 3. The molecular weight excluding hydrogens is 546 g/mol. The van der Waals surface area contributed by atoms with Crippen LogP contribution in [0.5, 0.6) is 0 Å². The number of primary amides is 1. The monoisotopic (exact) mass is 571 g/mol. The van der Waals surface area contributed by atoms with Crippen molar-refractivity contribution in [3.63, 3.8) is 0 Å². The van der Waals surface area contributed by atoms with Gasteiger partial charge in [-0.3, -0.25) is 14.5 Å². The first-order chi connectivity index (χ1) is 19.9. The fourth-order valence-electron chi connectivity index (χ4n) is 5.18. The van der Waals surface area contributed by atoms with Gasteiger partial charge in [-0.25, -0.2) is 9.59 Å². The second-order valence-electron chi connectivity index (χ2n) is 9.64. The van der Waals surface area contributed by atoms with E-state index in [-0.39, 0.29) is 18.1 Å². The molecule has 3 aromatic rings. The molecule has 6 rings (SSSR count). The summed E-state index contributed by atoms with van der Waals surface area (Å²) in [6, 6.07) is 27.3. The maximum absolute atomic E-state index is 13.9. The van der Waals surface area contributed by atoms with E-state index in [4.69, 9.17) is 19.9 Å². The van der Waals surface area contributed by atoms with Gasteiger partial charge in [-0.2, -0.15) is 0 Å². The lowest BCUT2D eigenvalue weighted by atomic mass is 9.98. The van der Waals surface area contributed by atoms with Crippen LogP contribution in [0.3, 0.4) is 0 Å². The molecule has 41 heavy (non-hydrogen) atoms. The molecule has 10 nitrogen and oxygen atoms in total. The van der Waals surface area contributed by atoms with E-state index in [9.17, 15) is 19.2 Å². The molecule has 3 aromatic carbocycles. The lowest BCUT2D eigenvalue weighted by Gasteiger charge is -2.54. The number of thioether (sulfide) groups is 1. The van der Waals surface area contributed by atoms with Crippen molar-refractivity contribution in [3.05, 3.63) is 119 Å². The SMILES string of the molecule is NC(=O)OCC1=C(C(=O)OC(c2ccccc2)c2ccccc2)N2C(=O)C3(NC(=O)C(c4ccccc4)O3)[C@@H]2SC1. The van der Waals surface area contributed by atoms with Gasteiger partial charge in [0.25, 0.3) is 17.5 Å². The lowest BCUT2D eigenvalue weighted by molar-refractivity contribution is -0.191. The number of hydrogen-bond acceptors (Lipinski definition) is 8. The van der Waals surface area contributed by atoms with E-state index in [0.717, 1.165) is 11.1 Å². The number of fused-ring (bicyclic) bond motifs is 2. The summed E-state index contributed by atoms with van der Waals surface area (Å²) in [5, 5.41) is 1.98. The van der Waals surface area contributed by atoms with E-state index in [0.29, 0.717) is 11.1 Å². The number of rotatable bonds is 7. The Kier molecular flexibility index (Phi) is 6.98. The summed E-state index contributed by atoms with van der Waals surface area (Å²) in [4.78, 5) is 53.3. The first-order valence-electron chi connectivity index (χ1n) is 12.8. The quantitative estimate of drug-likeness (QED) is 0.326. The van der Waals surface area contributed by atoms with Crippen LogP contribution in [0.4, 0.5) is 4.79 Å². The number of nitrogens with zero attached hydrogens (tertiary/aromatic N) is 1. The third kappa shape index (κ3) is 4.72. The Bertz CT molecular complexity index is 1490. The maximum atomic E-state index is 13.9. The van der Waals surface area contributed by atoms with Gasteiger partial charge in [-0.05, 0) is 16.7 Å². The van der Waals surface area contributed by atoms with E-state index in [2.05, 4.69) is 5.32 Å². The van der Waals surface area contributed by atoms with Gasteiger partial charge < -0.3 is 25.3 Å². The summed E-state index contributed by atoms with van der Waals surface area (Å²) in [7, 11) is 0. The molecular formula is C30H25N3O7S. The zero-order chi connectivity index (χ0) is 28.6. The third-order valence-electron chi connectivity index (χ3n) is 7.07. The molecule has 3 atom stereocenters. The molecule has 1 spiro atoms. The highest BCUT2D eigenvalue weighted by molar-refractivity contribution is 8.00. The van der Waals surface area contributed by atoms with Gasteiger partial charge >= 0.3 is 12.1 Å². The van der Waals surface area contributed by atoms with Crippen LogP contribution in [0, 0.1) is 0 Å². The van der Waals surface area contributed by atoms with Crippen LogP contribution in [-0.4, -0.2) is 52.2 Å². The third-order valence-corrected chi connectivity index (χ3v) is 8.45. The number of β-lactam (4-membered cyclic amide) rings is 1. The van der Waals surface area contributed by atoms with Crippen molar-refractivity contribution in [2.75, 3.05) is 12.4 Å². The van der Waals surface area contributed by atoms with Gasteiger partial charge in [0.1, 0.15) is 17.7 Å². The standard InChI is InChI=1S/C30H25N3O7S/c31-29(37)38-16-21-17-41-28-30(32-25(34)24(40-30)20-14-8-3-9-15-20)27(36)33(28)22(21)26(35)39-23(18-10-4-1-5-11-18)19-12-6-2-7-13-19/h1-15,23-24,28H,16-17H2,(H2,31,37)(H,32,34)/t24?,28-,30?/m0/s1. The van der Waals surface area contributed by atoms with Crippen LogP contribution in [0.15, 0.2) is 102 Å². The average molecular weight is 572 g/mol. The van der Waals surface area contributed by atoms with Gasteiger partial charge in [0, 0.05) is 11.3 Å². The Morgan fingerprint density at radius 2 is 1.56 bits per heavy atom. The molecule has 3 N–H and O–H groups in total. The summed E-state index contributed by atoms with van der Waals surface area (Å²) in [5.74, 6) is -1.66. The van der Waals surface area contributed by atoms with Crippen molar-refractivity contribution >= 4 is 35.6 Å². The molecule has 0 radical (unpaired) electrons. The van der Waals surface area contributed by atoms with Crippen molar-refractivity contribution in [2.24, 2.45) is 5.73 Å². The Labute approximate surface area is 239 Å². The Balaban J connectivity index is 1.33. The molecule has 11 heteroatoms. The van der Waals surface area contributed by atoms with Crippen LogP contribution in [0.25, 0.3) is 0 Å². The number of ether oxygens (including phenoxy) is 3. The summed E-state index contributed by atoms with van der Waals surface area (Å²) < 4.78 is 17.2. The van der Waals surface area contributed by atoms with Crippen LogP contribution in [-0.2, 0) is 28.6 Å². The predicted molar refractivity (Wildman–Crippen MR) is 148 cm³/mol. The van der Waals surface area contributed by atoms with Gasteiger partial charge in [-0.15, -0.1) is 11.8 Å². The van der Waals surface area contributed by atoms with Crippen LogP contribution >= 0.6 is 11.8 Å². The van der Waals surface area contributed by atoms with Crippen LogP contribution in [0.2, 0.25) is 0 Å². The number of hydrogen-bond donors (Lipinski definition) is 2. The maximum Gasteiger partial charge on any atom is 0.404 e. The number of carbonyl (C=O) groups excluding carboxylic acids is 4. The highest BCUT2D eigenvalue weighted by Gasteiger charge is 2.71. The molecule has 3 heterocycles. The van der Waals surface area contributed by atoms with E-state index in [1.165, 1.54) is 16.7 Å². The second kappa shape index (κ2) is 10.8. The Morgan fingerprint density at radius 3 is 2.15 bits per heavy atom. The van der Waals surface area contributed by atoms with E-state index in [1.807, 2.05) is 66.7 Å². The molecule has 0 saturated carbocycles. The molecule has 2 fully saturated rings. The fourth-order valence-corrected chi connectivity index (χ4v) is 6.56. The lowest BCUT2D eigenvalue weighted by Crippen LogP contribution is -2.78. The minimum Gasteiger partial charge on any atom is -0.448 e. The topological polar surface area (TPSA) is 137 Å². The van der Waals surface area contributed by atoms with Crippen molar-refractivity contribution in [3.8, 4) is 0 Å². The van der Waals surface area contributed by atoms with E-state index >= 15 is 0 Å². The smallest absolute Gasteiger partial charge is 0.404 e. The summed E-state index contributed by atoms with van der Waals surface area (Å²) >= 11 is 1.27. The van der Waals surface area contributed by atoms with Crippen molar-refractivity contribution < 1.29 is 33.4 Å². The zero-order valence-electron chi connectivity index (χ0n) is 21.6. The zero-order valence-corrected chi connectivity index (χ0v) is 22.4. The minimum atomic E-state index is -1.65. The number of esters is 1. The first kappa shape index (κ1) is 26.6. The van der Waals surface area contributed by atoms with Gasteiger partial charge in [0.2, 0.25) is 0 Å². The molecule has 0 aromatic heterocycles. The average Bonchev–Trinajstić information content (AvgIpc) is 3.38. The van der Waals surface area contributed by atoms with Gasteiger partial charge in [0.05, 0.1) is 0 Å². The second-order valence-corrected chi connectivity index (χ2v) is 10.7. The van der Waals surface area contributed by atoms with E-state index < -0.39 is 47.2 Å². The van der Waals surface area contributed by atoms with E-state index in [1.54, 1.807) is 24.3 Å². The summed E-state index contributed by atoms with van der Waals surface area (Å²) in [6.07, 6.45) is -2.78. The summed E-state index contributed by atoms with van der Waals surface area (Å²) in [5.41, 5.74) is 5.89. The predicted octanol–water partition coefficient (Wildman–Crippen LogP) is 3.17. The largest absolute Gasteiger partial charge is 0.448 e. The molecule has 208 valence electrons. The first-order valence-corrected chi connectivity index (χ1v) is 13.9. The molecule has 2 unspecified atom stereocenters. The number of nitrogens with two attached hydrogens (primary N) is 1. The molecule has 3 aliphatic rings. The van der Waals surface area contributed by atoms with Crippen LogP contribution < -0.4 is 11.1 Å². The normalized spacial score (nSPS) is 23.2. The highest BCUT2D eigenvalue weighted by atomic mass is 32.2. The van der Waals surface area contributed by atoms with Crippen molar-refractivity contribution in [2.45, 2.75) is 23.3 Å². The number of nitrogens with one attached hydrogen (secondary N) is 1. The van der Waals surface area contributed by atoms with Crippen molar-refractivity contribution in [1.29, 1.82) is 0 Å². The molecule has 3 aliphatic heterocycles. The molecule has 0 aliphatic carbocycles. The number of benzene rings is 3. The van der Waals surface area contributed by atoms with Crippen LogP contribution in [0.1, 0.15) is 28.9 Å². The molecule has 3 amide bonds. The van der Waals surface area contributed by atoms with Gasteiger partial charge in [-0.1, -0.05) is 91.0 Å². The fraction of sp³-hybridized carbons (Fsp3) is 0.200. The van der Waals surface area contributed by atoms with Gasteiger partial charge in [0.15, 0.2) is 12.2 Å².